The summed E-state index contributed by atoms with van der Waals surface area (Å²) in [7, 11) is 1.42. The molecule has 2 rings (SSSR count). The van der Waals surface area contributed by atoms with Crippen LogP contribution >= 0.6 is 0 Å². The number of unbranched alkanes of at least 4 members (excludes halogenated alkanes) is 1. The number of rotatable bonds is 6. The van der Waals surface area contributed by atoms with E-state index in [0.717, 1.165) is 37.5 Å². The molecule has 2 aliphatic rings. The number of Topliss-reactive ketones (excluding diaryl/α,β-unsaturated/α-hetero) is 1. The Balaban J connectivity index is 1.70. The number of carbonyl (C=O) groups is 2. The van der Waals surface area contributed by atoms with E-state index in [2.05, 4.69) is 4.74 Å². The molecule has 0 aromatic carbocycles. The van der Waals surface area contributed by atoms with E-state index in [0.29, 0.717) is 24.5 Å². The first-order valence-corrected chi connectivity index (χ1v) is 9.30. The molecule has 0 aromatic rings. The zero-order chi connectivity index (χ0) is 15.8. The van der Waals surface area contributed by atoms with Crippen LogP contribution in [-0.4, -0.2) is 18.9 Å². The second-order valence-corrected chi connectivity index (χ2v) is 7.26. The maximum atomic E-state index is 12.4. The third kappa shape index (κ3) is 5.40. The molecule has 3 atom stereocenters. The fraction of sp³-hybridized carbons (Fsp3) is 0.895. The van der Waals surface area contributed by atoms with E-state index in [4.69, 9.17) is 0 Å². The molecule has 0 heterocycles. The Bertz CT molecular complexity index is 364. The van der Waals surface area contributed by atoms with Crippen LogP contribution in [0.25, 0.3) is 0 Å². The van der Waals surface area contributed by atoms with E-state index in [1.807, 2.05) is 0 Å². The van der Waals surface area contributed by atoms with Crippen molar-refractivity contribution < 1.29 is 14.3 Å². The van der Waals surface area contributed by atoms with Crippen LogP contribution in [-0.2, 0) is 14.3 Å². The summed E-state index contributed by atoms with van der Waals surface area (Å²) in [5.74, 6) is 2.41. The van der Waals surface area contributed by atoms with Crippen molar-refractivity contribution in [3.8, 4) is 0 Å². The minimum Gasteiger partial charge on any atom is -0.469 e. The second-order valence-electron chi connectivity index (χ2n) is 7.26. The van der Waals surface area contributed by atoms with Crippen molar-refractivity contribution in [1.29, 1.82) is 0 Å². The lowest BCUT2D eigenvalue weighted by Gasteiger charge is -2.35. The first-order chi connectivity index (χ1) is 10.7. The third-order valence-corrected chi connectivity index (χ3v) is 5.82. The molecule has 2 aliphatic carbocycles. The maximum Gasteiger partial charge on any atom is 0.305 e. The van der Waals surface area contributed by atoms with Crippen LogP contribution in [0.4, 0.5) is 0 Å². The summed E-state index contributed by atoms with van der Waals surface area (Å²) in [5.41, 5.74) is 0. The number of carbonyl (C=O) groups excluding carboxylic acids is 2. The van der Waals surface area contributed by atoms with E-state index in [1.54, 1.807) is 0 Å². The summed E-state index contributed by atoms with van der Waals surface area (Å²) < 4.78 is 4.63. The highest BCUT2D eigenvalue weighted by molar-refractivity contribution is 5.81. The topological polar surface area (TPSA) is 43.4 Å². The molecular weight excluding hydrogens is 276 g/mol. The zero-order valence-corrected chi connectivity index (χ0v) is 14.1. The molecule has 3 unspecified atom stereocenters. The molecule has 3 heteroatoms. The Labute approximate surface area is 135 Å². The van der Waals surface area contributed by atoms with E-state index < -0.39 is 0 Å². The summed E-state index contributed by atoms with van der Waals surface area (Å²) in [6.07, 6.45) is 14.4. The highest BCUT2D eigenvalue weighted by Gasteiger charge is 2.29. The molecule has 2 fully saturated rings. The van der Waals surface area contributed by atoms with Crippen molar-refractivity contribution in [2.75, 3.05) is 7.11 Å². The lowest BCUT2D eigenvalue weighted by Crippen LogP contribution is -2.25. The van der Waals surface area contributed by atoms with Gasteiger partial charge in [-0.25, -0.2) is 0 Å². The number of hydrogen-bond acceptors (Lipinski definition) is 3. The van der Waals surface area contributed by atoms with E-state index in [-0.39, 0.29) is 5.97 Å². The number of hydrogen-bond donors (Lipinski definition) is 0. The van der Waals surface area contributed by atoms with Gasteiger partial charge in [-0.3, -0.25) is 9.59 Å². The highest BCUT2D eigenvalue weighted by atomic mass is 16.5. The van der Waals surface area contributed by atoms with Gasteiger partial charge >= 0.3 is 5.97 Å². The predicted molar refractivity (Wildman–Crippen MR) is 87.5 cm³/mol. The Morgan fingerprint density at radius 3 is 2.18 bits per heavy atom. The molecule has 0 N–H and O–H groups in total. The van der Waals surface area contributed by atoms with Gasteiger partial charge in [-0.1, -0.05) is 38.5 Å². The molecule has 0 radical (unpaired) electrons. The minimum atomic E-state index is -0.165. The molecule has 0 amide bonds. The summed E-state index contributed by atoms with van der Waals surface area (Å²) >= 11 is 0. The van der Waals surface area contributed by atoms with Gasteiger partial charge < -0.3 is 4.74 Å². The van der Waals surface area contributed by atoms with Crippen LogP contribution in [0.15, 0.2) is 0 Å². The lowest BCUT2D eigenvalue weighted by molar-refractivity contribution is -0.140. The van der Waals surface area contributed by atoms with E-state index in [9.17, 15) is 9.59 Å². The first kappa shape index (κ1) is 17.5. The summed E-state index contributed by atoms with van der Waals surface area (Å²) in [6, 6.07) is 0. The molecular formula is C19H32O3. The van der Waals surface area contributed by atoms with Crippen LogP contribution in [0.1, 0.15) is 83.5 Å². The first-order valence-electron chi connectivity index (χ1n) is 9.30. The van der Waals surface area contributed by atoms with Crippen LogP contribution in [0.5, 0.6) is 0 Å². The van der Waals surface area contributed by atoms with Gasteiger partial charge in [0.1, 0.15) is 5.78 Å². The van der Waals surface area contributed by atoms with Gasteiger partial charge in [0, 0.05) is 18.8 Å². The van der Waals surface area contributed by atoms with Gasteiger partial charge in [-0.2, -0.15) is 0 Å². The number of ketones is 1. The summed E-state index contributed by atoms with van der Waals surface area (Å²) in [4.78, 5) is 23.5. The van der Waals surface area contributed by atoms with Gasteiger partial charge in [0.2, 0.25) is 0 Å². The van der Waals surface area contributed by atoms with Gasteiger partial charge in [-0.15, -0.1) is 0 Å². The van der Waals surface area contributed by atoms with E-state index >= 15 is 0 Å². The fourth-order valence-corrected chi connectivity index (χ4v) is 4.43. The van der Waals surface area contributed by atoms with Crippen molar-refractivity contribution >= 4 is 11.8 Å². The number of esters is 1. The molecule has 3 nitrogen and oxygen atoms in total. The highest BCUT2D eigenvalue weighted by Crippen LogP contribution is 2.40. The van der Waals surface area contributed by atoms with Crippen LogP contribution in [0, 0.1) is 17.8 Å². The Morgan fingerprint density at radius 2 is 1.45 bits per heavy atom. The van der Waals surface area contributed by atoms with Crippen LogP contribution < -0.4 is 0 Å². The molecule has 126 valence electrons. The standard InChI is InChI=1S/C19H32O3/c1-22-19(21)12-5-4-11-18(20)17-10-6-9-15-7-2-3-8-16(15)13-14-17/h15-17H,2-14H2,1H3. The largest absolute Gasteiger partial charge is 0.469 e. The molecule has 0 spiro atoms. The average molecular weight is 308 g/mol. The smallest absolute Gasteiger partial charge is 0.305 e. The molecule has 2 saturated carbocycles. The second kappa shape index (κ2) is 9.32. The predicted octanol–water partition coefficient (Wildman–Crippen LogP) is 4.68. The lowest BCUT2D eigenvalue weighted by atomic mass is 9.71. The van der Waals surface area contributed by atoms with Crippen molar-refractivity contribution in [3.63, 3.8) is 0 Å². The zero-order valence-electron chi connectivity index (χ0n) is 14.1. The van der Waals surface area contributed by atoms with E-state index in [1.165, 1.54) is 52.1 Å². The van der Waals surface area contributed by atoms with Gasteiger partial charge in [0.05, 0.1) is 7.11 Å². The number of fused-ring (bicyclic) bond motifs is 1. The fourth-order valence-electron chi connectivity index (χ4n) is 4.43. The van der Waals surface area contributed by atoms with Crippen molar-refractivity contribution in [1.82, 2.24) is 0 Å². The van der Waals surface area contributed by atoms with Gasteiger partial charge in [-0.05, 0) is 43.9 Å². The van der Waals surface area contributed by atoms with Gasteiger partial charge in [0.15, 0.2) is 0 Å². The summed E-state index contributed by atoms with van der Waals surface area (Å²) in [5, 5.41) is 0. The minimum absolute atomic E-state index is 0.165. The third-order valence-electron chi connectivity index (χ3n) is 5.82. The summed E-state index contributed by atoms with van der Waals surface area (Å²) in [6.45, 7) is 0. The molecule has 0 aromatic heterocycles. The SMILES string of the molecule is COC(=O)CCCCC(=O)C1CCCC2CCCCC2CC1. The van der Waals surface area contributed by atoms with Crippen molar-refractivity contribution in [2.45, 2.75) is 83.5 Å². The monoisotopic (exact) mass is 308 g/mol. The quantitative estimate of drug-likeness (QED) is 0.529. The number of ether oxygens (including phenoxy) is 1. The average Bonchev–Trinajstić information content (AvgIpc) is 2.52. The normalized spacial score (nSPS) is 29.0. The van der Waals surface area contributed by atoms with Crippen molar-refractivity contribution in [3.05, 3.63) is 0 Å². The van der Waals surface area contributed by atoms with Gasteiger partial charge in [0.25, 0.3) is 0 Å². The molecule has 22 heavy (non-hydrogen) atoms. The molecule has 0 aliphatic heterocycles. The van der Waals surface area contributed by atoms with Crippen LogP contribution in [0.3, 0.4) is 0 Å². The molecule has 0 saturated heterocycles. The Kier molecular flexibility index (Phi) is 7.41. The Morgan fingerprint density at radius 1 is 0.818 bits per heavy atom. The van der Waals surface area contributed by atoms with Crippen LogP contribution in [0.2, 0.25) is 0 Å². The molecule has 0 bridgehead atoms. The number of methoxy groups -OCH3 is 1. The van der Waals surface area contributed by atoms with Crippen molar-refractivity contribution in [2.24, 2.45) is 17.8 Å². The Hall–Kier alpha value is -0.860. The maximum absolute atomic E-state index is 12.4.